The third kappa shape index (κ3) is 2.26. The highest BCUT2D eigenvalue weighted by Gasteiger charge is 2.30. The maximum atomic E-state index is 12.1. The molecule has 0 N–H and O–H groups in total. The first-order valence-corrected chi connectivity index (χ1v) is 7.54. The number of hydrogen-bond acceptors (Lipinski definition) is 3. The number of rotatable bonds is 2. The van der Waals surface area contributed by atoms with Gasteiger partial charge in [-0.3, -0.25) is 4.79 Å². The van der Waals surface area contributed by atoms with Crippen molar-refractivity contribution < 1.29 is 13.2 Å². The van der Waals surface area contributed by atoms with E-state index in [0.717, 1.165) is 11.3 Å². The Labute approximate surface area is 113 Å². The molecule has 2 rings (SSSR count). The second-order valence-corrected chi connectivity index (χ2v) is 7.17. The first-order valence-electron chi connectivity index (χ1n) is 6.10. The fourth-order valence-corrected chi connectivity index (χ4v) is 3.41. The topological polar surface area (TPSA) is 57.7 Å². The monoisotopic (exact) mass is 282 g/mol. The summed E-state index contributed by atoms with van der Waals surface area (Å²) in [6, 6.07) is 5.02. The zero-order valence-electron chi connectivity index (χ0n) is 11.5. The normalized spacial score (nSPS) is 18.8. The van der Waals surface area contributed by atoms with Crippen LogP contribution in [-0.4, -0.2) is 38.8 Å². The Morgan fingerprint density at radius 2 is 2.00 bits per heavy atom. The molecule has 5 nitrogen and oxygen atoms in total. The average Bonchev–Trinajstić information content (AvgIpc) is 2.63. The highest BCUT2D eigenvalue weighted by Crippen LogP contribution is 2.34. The fourth-order valence-electron chi connectivity index (χ4n) is 2.46. The Kier molecular flexibility index (Phi) is 3.40. The summed E-state index contributed by atoms with van der Waals surface area (Å²) in [6.07, 6.45) is 0.686. The third-order valence-electron chi connectivity index (χ3n) is 3.38. The highest BCUT2D eigenvalue weighted by atomic mass is 32.2. The Bertz CT molecular complexity index is 623. The largest absolute Gasteiger partial charge is 0.309 e. The van der Waals surface area contributed by atoms with E-state index in [1.807, 2.05) is 6.92 Å². The van der Waals surface area contributed by atoms with Gasteiger partial charge < -0.3 is 4.90 Å². The Hall–Kier alpha value is -1.40. The molecule has 104 valence electrons. The summed E-state index contributed by atoms with van der Waals surface area (Å²) in [4.78, 5) is 13.6. The van der Waals surface area contributed by atoms with Gasteiger partial charge in [0, 0.05) is 32.7 Å². The summed E-state index contributed by atoms with van der Waals surface area (Å²) in [5, 5.41) is 0. The van der Waals surface area contributed by atoms with Crippen LogP contribution in [0.4, 0.5) is 5.69 Å². The molecule has 1 aliphatic heterocycles. The SMILES string of the molecule is CC(=O)N1c2ccc(S(=O)(=O)N(C)C)cc2CC1C. The molecule has 1 atom stereocenters. The Morgan fingerprint density at radius 1 is 1.37 bits per heavy atom. The van der Waals surface area contributed by atoms with E-state index >= 15 is 0 Å². The molecule has 19 heavy (non-hydrogen) atoms. The molecule has 0 saturated carbocycles. The van der Waals surface area contributed by atoms with Crippen molar-refractivity contribution in [2.45, 2.75) is 31.2 Å². The van der Waals surface area contributed by atoms with Gasteiger partial charge in [-0.25, -0.2) is 12.7 Å². The number of amides is 1. The molecule has 6 heteroatoms. The third-order valence-corrected chi connectivity index (χ3v) is 5.20. The lowest BCUT2D eigenvalue weighted by Gasteiger charge is -2.20. The minimum Gasteiger partial charge on any atom is -0.309 e. The van der Waals surface area contributed by atoms with Crippen LogP contribution in [0.2, 0.25) is 0 Å². The molecule has 0 saturated heterocycles. The summed E-state index contributed by atoms with van der Waals surface area (Å²) >= 11 is 0. The van der Waals surface area contributed by atoms with Crippen molar-refractivity contribution in [1.82, 2.24) is 4.31 Å². The molecule has 1 unspecified atom stereocenters. The van der Waals surface area contributed by atoms with Gasteiger partial charge in [-0.15, -0.1) is 0 Å². The molecule has 0 fully saturated rings. The van der Waals surface area contributed by atoms with E-state index < -0.39 is 10.0 Å². The number of hydrogen-bond donors (Lipinski definition) is 0. The van der Waals surface area contributed by atoms with Gasteiger partial charge in [-0.05, 0) is 37.1 Å². The number of nitrogens with zero attached hydrogens (tertiary/aromatic N) is 2. The van der Waals surface area contributed by atoms with Crippen molar-refractivity contribution in [2.24, 2.45) is 0 Å². The minimum atomic E-state index is -3.42. The molecule has 1 aromatic carbocycles. The molecular formula is C13H18N2O3S. The second-order valence-electron chi connectivity index (χ2n) is 5.02. The average molecular weight is 282 g/mol. The summed E-state index contributed by atoms with van der Waals surface area (Å²) < 4.78 is 25.3. The number of carbonyl (C=O) groups excluding carboxylic acids is 1. The van der Waals surface area contributed by atoms with E-state index in [1.165, 1.54) is 25.3 Å². The predicted octanol–water partition coefficient (Wildman–Crippen LogP) is 1.23. The van der Waals surface area contributed by atoms with Crippen molar-refractivity contribution in [1.29, 1.82) is 0 Å². The molecule has 1 heterocycles. The van der Waals surface area contributed by atoms with Crippen LogP contribution in [0.1, 0.15) is 19.4 Å². The Balaban J connectivity index is 2.49. The van der Waals surface area contributed by atoms with Crippen molar-refractivity contribution >= 4 is 21.6 Å². The molecule has 0 aliphatic carbocycles. The van der Waals surface area contributed by atoms with Crippen LogP contribution in [-0.2, 0) is 21.2 Å². The predicted molar refractivity (Wildman–Crippen MR) is 73.6 cm³/mol. The van der Waals surface area contributed by atoms with E-state index in [2.05, 4.69) is 0 Å². The summed E-state index contributed by atoms with van der Waals surface area (Å²) in [5.41, 5.74) is 1.73. The maximum absolute atomic E-state index is 12.1. The molecule has 0 aromatic heterocycles. The van der Waals surface area contributed by atoms with Gasteiger partial charge >= 0.3 is 0 Å². The van der Waals surface area contributed by atoms with Crippen LogP contribution in [0, 0.1) is 0 Å². The lowest BCUT2D eigenvalue weighted by atomic mass is 10.1. The van der Waals surface area contributed by atoms with Crippen molar-refractivity contribution in [3.05, 3.63) is 23.8 Å². The van der Waals surface area contributed by atoms with E-state index in [0.29, 0.717) is 6.42 Å². The molecular weight excluding hydrogens is 264 g/mol. The number of sulfonamides is 1. The van der Waals surface area contributed by atoms with Crippen LogP contribution < -0.4 is 4.90 Å². The van der Waals surface area contributed by atoms with Crippen molar-refractivity contribution in [3.8, 4) is 0 Å². The van der Waals surface area contributed by atoms with Gasteiger partial charge in [-0.2, -0.15) is 0 Å². The van der Waals surface area contributed by atoms with E-state index in [-0.39, 0.29) is 16.8 Å². The summed E-state index contributed by atoms with van der Waals surface area (Å²) in [5.74, 6) is -0.0190. The molecule has 1 aromatic rings. The maximum Gasteiger partial charge on any atom is 0.242 e. The molecule has 0 spiro atoms. The van der Waals surface area contributed by atoms with Gasteiger partial charge in [0.25, 0.3) is 0 Å². The van der Waals surface area contributed by atoms with Crippen LogP contribution in [0.15, 0.2) is 23.1 Å². The van der Waals surface area contributed by atoms with Crippen LogP contribution in [0.3, 0.4) is 0 Å². The number of benzene rings is 1. The smallest absolute Gasteiger partial charge is 0.242 e. The number of fused-ring (bicyclic) bond motifs is 1. The molecule has 0 radical (unpaired) electrons. The van der Waals surface area contributed by atoms with Gasteiger partial charge in [0.2, 0.25) is 15.9 Å². The number of anilines is 1. The van der Waals surface area contributed by atoms with Gasteiger partial charge in [0.05, 0.1) is 4.90 Å². The van der Waals surface area contributed by atoms with Gasteiger partial charge in [0.1, 0.15) is 0 Å². The van der Waals surface area contributed by atoms with Crippen LogP contribution >= 0.6 is 0 Å². The molecule has 0 bridgehead atoms. The summed E-state index contributed by atoms with van der Waals surface area (Å²) in [6.45, 7) is 3.48. The zero-order chi connectivity index (χ0) is 14.4. The Morgan fingerprint density at radius 3 is 2.53 bits per heavy atom. The van der Waals surface area contributed by atoms with Crippen molar-refractivity contribution in [2.75, 3.05) is 19.0 Å². The minimum absolute atomic E-state index is 0.0190. The van der Waals surface area contributed by atoms with E-state index in [4.69, 9.17) is 0 Å². The van der Waals surface area contributed by atoms with Crippen molar-refractivity contribution in [3.63, 3.8) is 0 Å². The van der Waals surface area contributed by atoms with E-state index in [9.17, 15) is 13.2 Å². The van der Waals surface area contributed by atoms with E-state index in [1.54, 1.807) is 23.1 Å². The lowest BCUT2D eigenvalue weighted by Crippen LogP contribution is -2.33. The number of carbonyl (C=O) groups is 1. The van der Waals surface area contributed by atoms with Crippen LogP contribution in [0.5, 0.6) is 0 Å². The van der Waals surface area contributed by atoms with Gasteiger partial charge in [-0.1, -0.05) is 0 Å². The molecule has 1 aliphatic rings. The highest BCUT2D eigenvalue weighted by molar-refractivity contribution is 7.89. The standard InChI is InChI=1S/C13H18N2O3S/c1-9-7-11-8-12(19(17,18)14(3)4)5-6-13(11)15(9)10(2)16/h5-6,8-9H,7H2,1-4H3. The second kappa shape index (κ2) is 4.61. The first kappa shape index (κ1) is 14.0. The first-order chi connectivity index (χ1) is 8.75. The lowest BCUT2D eigenvalue weighted by molar-refractivity contribution is -0.116. The fraction of sp³-hybridized carbons (Fsp3) is 0.462. The zero-order valence-corrected chi connectivity index (χ0v) is 12.4. The quantitative estimate of drug-likeness (QED) is 0.820. The summed E-state index contributed by atoms with van der Waals surface area (Å²) in [7, 11) is -0.410. The molecule has 1 amide bonds. The van der Waals surface area contributed by atoms with Gasteiger partial charge in [0.15, 0.2) is 0 Å². The van der Waals surface area contributed by atoms with Crippen LogP contribution in [0.25, 0.3) is 0 Å².